The van der Waals surface area contributed by atoms with Crippen molar-refractivity contribution in [2.45, 2.75) is 65.7 Å². The maximum absolute atomic E-state index is 12.9. The van der Waals surface area contributed by atoms with E-state index in [1.807, 2.05) is 0 Å². The molecular weight excluding hydrogens is 296 g/mol. The lowest BCUT2D eigenvalue weighted by Gasteiger charge is -2.64. The molecule has 4 aliphatic carbocycles. The Hall–Kier alpha value is -0.280. The quantitative estimate of drug-likeness (QED) is 0.732. The first-order valence-corrected chi connectivity index (χ1v) is 8.88. The van der Waals surface area contributed by atoms with Gasteiger partial charge in [0.2, 0.25) is 5.91 Å². The molecule has 2 N–H and O–H groups in total. The minimum Gasteiger partial charge on any atom is -0.354 e. The van der Waals surface area contributed by atoms with Crippen molar-refractivity contribution in [1.29, 1.82) is 0 Å². The minimum atomic E-state index is -0.0479. The van der Waals surface area contributed by atoms with Crippen molar-refractivity contribution >= 4 is 18.3 Å². The molecule has 0 spiro atoms. The van der Waals surface area contributed by atoms with Crippen LogP contribution in [0.2, 0.25) is 0 Å². The van der Waals surface area contributed by atoms with Crippen LogP contribution in [0.25, 0.3) is 0 Å². The molecule has 2 unspecified atom stereocenters. The van der Waals surface area contributed by atoms with Crippen molar-refractivity contribution in [2.24, 2.45) is 22.2 Å². The summed E-state index contributed by atoms with van der Waals surface area (Å²) in [6.45, 7) is 9.75. The van der Waals surface area contributed by atoms with Gasteiger partial charge in [-0.2, -0.15) is 0 Å². The lowest BCUT2D eigenvalue weighted by Crippen LogP contribution is -2.60. The van der Waals surface area contributed by atoms with Gasteiger partial charge >= 0.3 is 0 Å². The average Bonchev–Trinajstić information content (AvgIpc) is 2.33. The zero-order valence-electron chi connectivity index (χ0n) is 14.5. The summed E-state index contributed by atoms with van der Waals surface area (Å²) in [6.07, 6.45) is 8.60. The van der Waals surface area contributed by atoms with Crippen LogP contribution < -0.4 is 10.6 Å². The number of carbonyl (C=O) groups is 1. The van der Waals surface area contributed by atoms with E-state index in [2.05, 4.69) is 31.4 Å². The highest BCUT2D eigenvalue weighted by Crippen LogP contribution is 2.69. The fourth-order valence-corrected chi connectivity index (χ4v) is 6.45. The van der Waals surface area contributed by atoms with Crippen LogP contribution in [-0.2, 0) is 4.79 Å². The molecule has 4 bridgehead atoms. The molecule has 0 saturated heterocycles. The number of halogens is 1. The van der Waals surface area contributed by atoms with Gasteiger partial charge in [0.1, 0.15) is 0 Å². The van der Waals surface area contributed by atoms with E-state index >= 15 is 0 Å². The van der Waals surface area contributed by atoms with E-state index in [9.17, 15) is 4.79 Å². The monoisotopic (exact) mass is 328 g/mol. The van der Waals surface area contributed by atoms with Crippen LogP contribution in [0.5, 0.6) is 0 Å². The Morgan fingerprint density at radius 1 is 1.00 bits per heavy atom. The summed E-state index contributed by atoms with van der Waals surface area (Å²) >= 11 is 0. The first kappa shape index (κ1) is 18.1. The third kappa shape index (κ3) is 3.31. The molecule has 3 nitrogen and oxygen atoms in total. The van der Waals surface area contributed by atoms with Crippen molar-refractivity contribution in [2.75, 3.05) is 19.6 Å². The third-order valence-corrected chi connectivity index (χ3v) is 6.12. The van der Waals surface area contributed by atoms with Crippen LogP contribution in [0.3, 0.4) is 0 Å². The molecule has 22 heavy (non-hydrogen) atoms. The molecule has 4 saturated carbocycles. The van der Waals surface area contributed by atoms with Crippen LogP contribution in [0.1, 0.15) is 65.7 Å². The van der Waals surface area contributed by atoms with Crippen molar-refractivity contribution in [3.63, 3.8) is 0 Å². The number of rotatable bonds is 6. The van der Waals surface area contributed by atoms with Crippen LogP contribution in [-0.4, -0.2) is 25.5 Å². The van der Waals surface area contributed by atoms with Crippen molar-refractivity contribution in [3.8, 4) is 0 Å². The standard InChI is InChI=1S/C18H32N2O.ClH/c1-4-5-19-6-7-20-15(21)18-10-14-8-16(2,12-18)11-17(3,9-14)13-18;/h14,19H,4-13H2,1-3H3,(H,20,21);1H. The number of hydrogen-bond donors (Lipinski definition) is 2. The Morgan fingerprint density at radius 2 is 1.64 bits per heavy atom. The smallest absolute Gasteiger partial charge is 0.226 e. The summed E-state index contributed by atoms with van der Waals surface area (Å²) in [5.41, 5.74) is 0.797. The molecular formula is C18H33ClN2O. The van der Waals surface area contributed by atoms with E-state index in [-0.39, 0.29) is 17.8 Å². The molecule has 4 heteroatoms. The maximum Gasteiger partial charge on any atom is 0.226 e. The predicted octanol–water partition coefficient (Wildman–Crippen LogP) is 3.52. The molecule has 0 aromatic rings. The molecule has 0 aliphatic heterocycles. The highest BCUT2D eigenvalue weighted by atomic mass is 35.5. The highest BCUT2D eigenvalue weighted by Gasteiger charge is 2.62. The molecule has 128 valence electrons. The summed E-state index contributed by atoms with van der Waals surface area (Å²) in [5, 5.41) is 6.60. The summed E-state index contributed by atoms with van der Waals surface area (Å²) in [7, 11) is 0. The molecule has 2 atom stereocenters. The van der Waals surface area contributed by atoms with E-state index in [4.69, 9.17) is 0 Å². The maximum atomic E-state index is 12.9. The second-order valence-corrected chi connectivity index (χ2v) is 8.92. The molecule has 0 aromatic carbocycles. The SMILES string of the molecule is CCCNCCNC(=O)C12CC3CC(C)(CC(C)(C3)C1)C2.Cl. The van der Waals surface area contributed by atoms with Crippen LogP contribution in [0.15, 0.2) is 0 Å². The molecule has 0 heterocycles. The second-order valence-electron chi connectivity index (χ2n) is 8.92. The summed E-state index contributed by atoms with van der Waals surface area (Å²) in [4.78, 5) is 12.9. The fraction of sp³-hybridized carbons (Fsp3) is 0.944. The average molecular weight is 329 g/mol. The van der Waals surface area contributed by atoms with Gasteiger partial charge in [-0.15, -0.1) is 12.4 Å². The van der Waals surface area contributed by atoms with Gasteiger partial charge in [-0.1, -0.05) is 20.8 Å². The Labute approximate surface area is 141 Å². The molecule has 4 fully saturated rings. The normalized spacial score (nSPS) is 42.0. The van der Waals surface area contributed by atoms with Gasteiger partial charge in [0.25, 0.3) is 0 Å². The fourth-order valence-electron chi connectivity index (χ4n) is 6.45. The van der Waals surface area contributed by atoms with Gasteiger partial charge < -0.3 is 10.6 Å². The molecule has 0 aromatic heterocycles. The number of carbonyl (C=O) groups excluding carboxylic acids is 1. The minimum absolute atomic E-state index is 0. The van der Waals surface area contributed by atoms with E-state index in [1.54, 1.807) is 0 Å². The van der Waals surface area contributed by atoms with E-state index in [0.717, 1.165) is 51.2 Å². The zero-order valence-corrected chi connectivity index (χ0v) is 15.3. The number of nitrogens with one attached hydrogen (secondary N) is 2. The van der Waals surface area contributed by atoms with Gasteiger partial charge in [-0.3, -0.25) is 4.79 Å². The first-order valence-electron chi connectivity index (χ1n) is 8.88. The topological polar surface area (TPSA) is 41.1 Å². The van der Waals surface area contributed by atoms with Crippen LogP contribution in [0.4, 0.5) is 0 Å². The van der Waals surface area contributed by atoms with E-state index in [0.29, 0.717) is 16.7 Å². The largest absolute Gasteiger partial charge is 0.354 e. The van der Waals surface area contributed by atoms with Gasteiger partial charge in [0.15, 0.2) is 0 Å². The lowest BCUT2D eigenvalue weighted by atomic mass is 9.40. The van der Waals surface area contributed by atoms with E-state index < -0.39 is 0 Å². The third-order valence-electron chi connectivity index (χ3n) is 6.12. The molecule has 1 amide bonds. The summed E-state index contributed by atoms with van der Waals surface area (Å²) < 4.78 is 0. The molecule has 4 aliphatic rings. The predicted molar refractivity (Wildman–Crippen MR) is 93.3 cm³/mol. The van der Waals surface area contributed by atoms with Crippen LogP contribution >= 0.6 is 12.4 Å². The Morgan fingerprint density at radius 3 is 2.18 bits per heavy atom. The van der Waals surface area contributed by atoms with Crippen LogP contribution in [0, 0.1) is 22.2 Å². The van der Waals surface area contributed by atoms with Crippen molar-refractivity contribution in [1.82, 2.24) is 10.6 Å². The Kier molecular flexibility index (Phi) is 5.19. The second kappa shape index (κ2) is 6.32. The van der Waals surface area contributed by atoms with Gasteiger partial charge in [0, 0.05) is 13.1 Å². The van der Waals surface area contributed by atoms with Gasteiger partial charge in [0.05, 0.1) is 5.41 Å². The van der Waals surface area contributed by atoms with E-state index in [1.165, 1.54) is 19.3 Å². The van der Waals surface area contributed by atoms with Crippen molar-refractivity contribution in [3.05, 3.63) is 0 Å². The van der Waals surface area contributed by atoms with Gasteiger partial charge in [-0.05, 0) is 68.2 Å². The number of amides is 1. The highest BCUT2D eigenvalue weighted by molar-refractivity contribution is 5.85. The lowest BCUT2D eigenvalue weighted by molar-refractivity contribution is -0.170. The number of hydrogen-bond acceptors (Lipinski definition) is 2. The zero-order chi connectivity index (χ0) is 15.1. The van der Waals surface area contributed by atoms with Gasteiger partial charge in [-0.25, -0.2) is 0 Å². The molecule has 4 rings (SSSR count). The Balaban J connectivity index is 0.00000176. The molecule has 0 radical (unpaired) electrons. The Bertz CT molecular complexity index is 407. The summed E-state index contributed by atoms with van der Waals surface area (Å²) in [6, 6.07) is 0. The summed E-state index contributed by atoms with van der Waals surface area (Å²) in [5.74, 6) is 1.14. The first-order chi connectivity index (χ1) is 9.89. The van der Waals surface area contributed by atoms with Crippen molar-refractivity contribution < 1.29 is 4.79 Å².